The van der Waals surface area contributed by atoms with Crippen molar-refractivity contribution < 1.29 is 8.78 Å². The molecule has 0 aliphatic carbocycles. The number of hydrogen-bond donors (Lipinski definition) is 1. The Balaban J connectivity index is 1.52. The Morgan fingerprint density at radius 3 is 2.44 bits per heavy atom. The Kier molecular flexibility index (Phi) is 4.76. The van der Waals surface area contributed by atoms with Gasteiger partial charge in [-0.25, -0.2) is 13.8 Å². The molecule has 0 saturated carbocycles. The Labute approximate surface area is 159 Å². The van der Waals surface area contributed by atoms with Crippen molar-refractivity contribution in [2.24, 2.45) is 0 Å². The molecular weight excluding hydrogens is 372 g/mol. The monoisotopic (exact) mass is 387 g/mol. The normalized spacial score (nSPS) is 13.7. The number of aromatic nitrogens is 2. The van der Waals surface area contributed by atoms with Crippen LogP contribution in [-0.4, -0.2) is 14.9 Å². The summed E-state index contributed by atoms with van der Waals surface area (Å²) in [5.74, 6) is -0.634. The molecule has 2 heterocycles. The summed E-state index contributed by atoms with van der Waals surface area (Å²) in [7, 11) is 0. The molecule has 1 aromatic heterocycles. The maximum atomic E-state index is 13.4. The van der Waals surface area contributed by atoms with E-state index < -0.39 is 11.6 Å². The van der Waals surface area contributed by atoms with Crippen LogP contribution in [0.3, 0.4) is 0 Å². The van der Waals surface area contributed by atoms with Crippen LogP contribution in [0.2, 0.25) is 5.02 Å². The first kappa shape index (κ1) is 17.8. The van der Waals surface area contributed by atoms with Gasteiger partial charge in [0.15, 0.2) is 0 Å². The van der Waals surface area contributed by atoms with Crippen LogP contribution in [0.1, 0.15) is 28.2 Å². The fourth-order valence-corrected chi connectivity index (χ4v) is 3.46. The largest absolute Gasteiger partial charge is 0.310 e. The molecule has 3 aromatic rings. The van der Waals surface area contributed by atoms with Crippen LogP contribution in [-0.2, 0) is 26.1 Å². The fourth-order valence-electron chi connectivity index (χ4n) is 3.33. The van der Waals surface area contributed by atoms with E-state index in [9.17, 15) is 13.6 Å². The molecule has 0 radical (unpaired) electrons. The molecule has 27 heavy (non-hydrogen) atoms. The van der Waals surface area contributed by atoms with Crippen LogP contribution in [0.15, 0.2) is 47.3 Å². The van der Waals surface area contributed by atoms with Crippen molar-refractivity contribution in [2.45, 2.75) is 26.1 Å². The lowest BCUT2D eigenvalue weighted by Crippen LogP contribution is -2.19. The lowest BCUT2D eigenvalue weighted by molar-refractivity contribution is 0.272. The van der Waals surface area contributed by atoms with Gasteiger partial charge in [0.2, 0.25) is 0 Å². The summed E-state index contributed by atoms with van der Waals surface area (Å²) in [5, 5.41) is 0.651. The molecule has 0 atom stereocenters. The van der Waals surface area contributed by atoms with Crippen LogP contribution < -0.4 is 5.56 Å². The zero-order chi connectivity index (χ0) is 19.0. The van der Waals surface area contributed by atoms with E-state index in [1.54, 1.807) is 12.1 Å². The second-order valence-electron chi connectivity index (χ2n) is 6.66. The van der Waals surface area contributed by atoms with Crippen LogP contribution in [0.4, 0.5) is 8.78 Å². The highest BCUT2D eigenvalue weighted by molar-refractivity contribution is 6.30. The third kappa shape index (κ3) is 4.07. The lowest BCUT2D eigenvalue weighted by Gasteiger charge is -2.14. The smallest absolute Gasteiger partial charge is 0.255 e. The Hall–Kier alpha value is -2.57. The minimum atomic E-state index is -0.608. The first-order valence-electron chi connectivity index (χ1n) is 8.49. The van der Waals surface area contributed by atoms with Gasteiger partial charge in [0.1, 0.15) is 17.5 Å². The zero-order valence-electron chi connectivity index (χ0n) is 14.3. The van der Waals surface area contributed by atoms with Crippen molar-refractivity contribution in [3.63, 3.8) is 0 Å². The maximum Gasteiger partial charge on any atom is 0.255 e. The Morgan fingerprint density at radius 2 is 1.74 bits per heavy atom. The molecule has 138 valence electrons. The van der Waals surface area contributed by atoms with Gasteiger partial charge < -0.3 is 4.98 Å². The summed E-state index contributed by atoms with van der Waals surface area (Å²) in [4.78, 5) is 21.8. The Morgan fingerprint density at radius 1 is 1.04 bits per heavy atom. The first-order valence-corrected chi connectivity index (χ1v) is 8.87. The molecule has 4 rings (SSSR count). The summed E-state index contributed by atoms with van der Waals surface area (Å²) in [6.07, 6.45) is 0.495. The molecule has 0 bridgehead atoms. The predicted molar refractivity (Wildman–Crippen MR) is 98.4 cm³/mol. The van der Waals surface area contributed by atoms with Gasteiger partial charge >= 0.3 is 0 Å². The molecule has 0 amide bonds. The number of hydrogen-bond acceptors (Lipinski definition) is 3. The predicted octanol–water partition coefficient (Wildman–Crippen LogP) is 3.81. The van der Waals surface area contributed by atoms with E-state index in [-0.39, 0.29) is 5.56 Å². The van der Waals surface area contributed by atoms with Crippen molar-refractivity contribution >= 4 is 11.6 Å². The van der Waals surface area contributed by atoms with Gasteiger partial charge in [0.25, 0.3) is 5.56 Å². The highest BCUT2D eigenvalue weighted by Gasteiger charge is 2.24. The molecular formula is C20H16ClF2N3O. The third-order valence-electron chi connectivity index (χ3n) is 4.52. The molecule has 0 spiro atoms. The molecule has 4 nitrogen and oxygen atoms in total. The molecule has 7 heteroatoms. The molecule has 0 unspecified atom stereocenters. The van der Waals surface area contributed by atoms with E-state index in [1.807, 2.05) is 17.0 Å². The topological polar surface area (TPSA) is 49.0 Å². The van der Waals surface area contributed by atoms with Crippen LogP contribution >= 0.6 is 11.6 Å². The van der Waals surface area contributed by atoms with Gasteiger partial charge in [-0.1, -0.05) is 23.7 Å². The average molecular weight is 388 g/mol. The van der Waals surface area contributed by atoms with Gasteiger partial charge in [-0.3, -0.25) is 9.69 Å². The second kappa shape index (κ2) is 7.21. The number of nitrogens with zero attached hydrogens (tertiary/aromatic N) is 2. The van der Waals surface area contributed by atoms with Gasteiger partial charge in [-0.2, -0.15) is 0 Å². The van der Waals surface area contributed by atoms with Crippen LogP contribution in [0.25, 0.3) is 0 Å². The van der Waals surface area contributed by atoms with Gasteiger partial charge in [-0.05, 0) is 35.4 Å². The van der Waals surface area contributed by atoms with E-state index in [0.717, 1.165) is 11.6 Å². The van der Waals surface area contributed by atoms with Gasteiger partial charge in [-0.15, -0.1) is 0 Å². The average Bonchev–Trinajstić information content (AvgIpc) is 2.99. The van der Waals surface area contributed by atoms with E-state index >= 15 is 0 Å². The minimum absolute atomic E-state index is 0.170. The minimum Gasteiger partial charge on any atom is -0.310 e. The van der Waals surface area contributed by atoms with E-state index in [0.29, 0.717) is 53.7 Å². The SMILES string of the molecule is O=c1[nH]c(Cc2ccc(Cl)cc2)nc2c1CN(Cc1cc(F)cc(F)c1)C2. The van der Waals surface area contributed by atoms with E-state index in [4.69, 9.17) is 11.6 Å². The number of H-pyrrole nitrogens is 1. The number of benzene rings is 2. The number of nitrogens with one attached hydrogen (secondary N) is 1. The van der Waals surface area contributed by atoms with Crippen molar-refractivity contribution in [1.29, 1.82) is 0 Å². The van der Waals surface area contributed by atoms with E-state index in [1.165, 1.54) is 12.1 Å². The van der Waals surface area contributed by atoms with Crippen LogP contribution in [0.5, 0.6) is 0 Å². The van der Waals surface area contributed by atoms with Crippen molar-refractivity contribution in [3.05, 3.63) is 97.7 Å². The summed E-state index contributed by atoms with van der Waals surface area (Å²) >= 11 is 5.89. The molecule has 1 aliphatic rings. The van der Waals surface area contributed by atoms with E-state index in [2.05, 4.69) is 9.97 Å². The summed E-state index contributed by atoms with van der Waals surface area (Å²) in [5.41, 5.74) is 2.66. The highest BCUT2D eigenvalue weighted by atomic mass is 35.5. The number of halogens is 3. The zero-order valence-corrected chi connectivity index (χ0v) is 15.1. The highest BCUT2D eigenvalue weighted by Crippen LogP contribution is 2.21. The van der Waals surface area contributed by atoms with Crippen molar-refractivity contribution in [2.75, 3.05) is 0 Å². The molecule has 1 N–H and O–H groups in total. The summed E-state index contributed by atoms with van der Waals surface area (Å²) in [6, 6.07) is 10.8. The molecule has 1 aliphatic heterocycles. The number of rotatable bonds is 4. The maximum absolute atomic E-state index is 13.4. The second-order valence-corrected chi connectivity index (χ2v) is 7.10. The fraction of sp³-hybridized carbons (Fsp3) is 0.200. The Bertz CT molecular complexity index is 1030. The van der Waals surface area contributed by atoms with Crippen molar-refractivity contribution in [1.82, 2.24) is 14.9 Å². The van der Waals surface area contributed by atoms with Crippen LogP contribution in [0, 0.1) is 11.6 Å². The molecule has 0 saturated heterocycles. The quantitative estimate of drug-likeness (QED) is 0.740. The van der Waals surface area contributed by atoms with Crippen molar-refractivity contribution in [3.8, 4) is 0 Å². The molecule has 0 fully saturated rings. The summed E-state index contributed by atoms with van der Waals surface area (Å²) < 4.78 is 26.8. The lowest BCUT2D eigenvalue weighted by atomic mass is 10.1. The standard InChI is InChI=1S/C20H16ClF2N3O/c21-14-3-1-12(2-4-14)7-19-24-18-11-26(10-17(18)20(27)25-19)9-13-5-15(22)8-16(23)6-13/h1-6,8H,7,9-11H2,(H,24,25,27). The third-order valence-corrected chi connectivity index (χ3v) is 4.77. The number of fused-ring (bicyclic) bond motifs is 1. The van der Waals surface area contributed by atoms with Gasteiger partial charge in [0, 0.05) is 37.1 Å². The van der Waals surface area contributed by atoms with Gasteiger partial charge in [0.05, 0.1) is 11.3 Å². The first-order chi connectivity index (χ1) is 13.0. The summed E-state index contributed by atoms with van der Waals surface area (Å²) in [6.45, 7) is 1.21. The number of aromatic amines is 1. The molecule has 2 aromatic carbocycles.